The highest BCUT2D eigenvalue weighted by molar-refractivity contribution is 7.91. The number of hydrogen-bond donors (Lipinski definition) is 0. The molecule has 162 valence electrons. The van der Waals surface area contributed by atoms with Crippen molar-refractivity contribution in [2.24, 2.45) is 0 Å². The number of sulfone groups is 1. The van der Waals surface area contributed by atoms with Crippen LogP contribution in [0.3, 0.4) is 0 Å². The van der Waals surface area contributed by atoms with Crippen LogP contribution in [0.15, 0.2) is 24.3 Å². The van der Waals surface area contributed by atoms with E-state index >= 15 is 0 Å². The number of rotatable bonds is 4. The average molecular weight is 451 g/mol. The Kier molecular flexibility index (Phi) is 5.92. The quantitative estimate of drug-likeness (QED) is 0.713. The highest BCUT2D eigenvalue weighted by Crippen LogP contribution is 2.25. The van der Waals surface area contributed by atoms with Crippen molar-refractivity contribution in [3.8, 4) is 0 Å². The highest BCUT2D eigenvalue weighted by atomic mass is 35.5. The maximum absolute atomic E-state index is 13.2. The number of aryl methyl sites for hydroxylation is 2. The summed E-state index contributed by atoms with van der Waals surface area (Å²) in [7, 11) is -2.91. The van der Waals surface area contributed by atoms with Crippen LogP contribution in [0.4, 0.5) is 0 Å². The van der Waals surface area contributed by atoms with Crippen molar-refractivity contribution in [2.75, 3.05) is 37.7 Å². The molecule has 9 heteroatoms. The van der Waals surface area contributed by atoms with E-state index in [1.165, 1.54) is 5.56 Å². The van der Waals surface area contributed by atoms with Crippen LogP contribution in [0.25, 0.3) is 0 Å². The van der Waals surface area contributed by atoms with E-state index in [1.54, 1.807) is 9.58 Å². The Morgan fingerprint density at radius 2 is 1.80 bits per heavy atom. The molecule has 0 unspecified atom stereocenters. The third-order valence-corrected chi connectivity index (χ3v) is 8.19. The molecule has 2 aromatic rings. The minimum Gasteiger partial charge on any atom is -0.336 e. The Morgan fingerprint density at radius 3 is 2.40 bits per heavy atom. The topological polar surface area (TPSA) is 75.5 Å². The van der Waals surface area contributed by atoms with Crippen LogP contribution in [0.5, 0.6) is 0 Å². The molecule has 2 aliphatic rings. The number of halogens is 1. The lowest BCUT2D eigenvalue weighted by Crippen LogP contribution is -2.52. The predicted molar refractivity (Wildman–Crippen MR) is 117 cm³/mol. The molecule has 1 amide bonds. The molecular formula is C21H27ClN4O3S. The Labute approximate surface area is 182 Å². The molecular weight excluding hydrogens is 424 g/mol. The smallest absolute Gasteiger partial charge is 0.258 e. The second-order valence-corrected chi connectivity index (χ2v) is 10.9. The number of piperazine rings is 1. The van der Waals surface area contributed by atoms with Crippen molar-refractivity contribution >= 4 is 27.3 Å². The van der Waals surface area contributed by atoms with Gasteiger partial charge in [0.25, 0.3) is 5.91 Å². The first-order valence-electron chi connectivity index (χ1n) is 10.3. The van der Waals surface area contributed by atoms with Crippen LogP contribution in [0, 0.1) is 13.8 Å². The second-order valence-electron chi connectivity index (χ2n) is 8.28. The van der Waals surface area contributed by atoms with Gasteiger partial charge in [-0.1, -0.05) is 41.4 Å². The zero-order valence-corrected chi connectivity index (χ0v) is 18.9. The van der Waals surface area contributed by atoms with Crippen LogP contribution < -0.4 is 0 Å². The Bertz CT molecular complexity index is 1040. The summed E-state index contributed by atoms with van der Waals surface area (Å²) >= 11 is 6.56. The monoisotopic (exact) mass is 450 g/mol. The molecule has 7 nitrogen and oxygen atoms in total. The first-order valence-corrected chi connectivity index (χ1v) is 12.5. The van der Waals surface area contributed by atoms with Crippen molar-refractivity contribution in [1.29, 1.82) is 0 Å². The van der Waals surface area contributed by atoms with E-state index < -0.39 is 9.84 Å². The number of hydrogen-bond acceptors (Lipinski definition) is 5. The molecule has 1 atom stereocenters. The molecule has 30 heavy (non-hydrogen) atoms. The number of amides is 1. The van der Waals surface area contributed by atoms with E-state index in [-0.39, 0.29) is 23.5 Å². The van der Waals surface area contributed by atoms with Gasteiger partial charge in [0.1, 0.15) is 5.15 Å². The highest BCUT2D eigenvalue weighted by Gasteiger charge is 2.35. The van der Waals surface area contributed by atoms with Crippen molar-refractivity contribution in [2.45, 2.75) is 32.9 Å². The molecule has 0 spiro atoms. The van der Waals surface area contributed by atoms with E-state index in [1.807, 2.05) is 38.1 Å². The fourth-order valence-electron chi connectivity index (χ4n) is 4.28. The van der Waals surface area contributed by atoms with Crippen molar-refractivity contribution in [3.63, 3.8) is 0 Å². The number of nitrogens with zero attached hydrogens (tertiary/aromatic N) is 4. The second kappa shape index (κ2) is 8.32. The first kappa shape index (κ1) is 21.3. The summed E-state index contributed by atoms with van der Waals surface area (Å²) in [4.78, 5) is 17.2. The van der Waals surface area contributed by atoms with E-state index in [9.17, 15) is 13.2 Å². The van der Waals surface area contributed by atoms with E-state index in [0.29, 0.717) is 55.6 Å². The van der Waals surface area contributed by atoms with Crippen molar-refractivity contribution < 1.29 is 13.2 Å². The molecule has 4 rings (SSSR count). The van der Waals surface area contributed by atoms with Gasteiger partial charge in [-0.25, -0.2) is 13.1 Å². The van der Waals surface area contributed by atoms with Crippen LogP contribution in [0.2, 0.25) is 5.15 Å². The summed E-state index contributed by atoms with van der Waals surface area (Å²) in [6, 6.07) is 8.23. The first-order chi connectivity index (χ1) is 14.2. The zero-order valence-electron chi connectivity index (χ0n) is 17.3. The number of carbonyl (C=O) groups excluding carboxylic acids is 1. The third-order valence-electron chi connectivity index (χ3n) is 6.06. The number of aromatic nitrogens is 2. The van der Waals surface area contributed by atoms with E-state index in [0.717, 1.165) is 5.56 Å². The molecule has 0 saturated carbocycles. The summed E-state index contributed by atoms with van der Waals surface area (Å²) in [5.74, 6) is 0.398. The van der Waals surface area contributed by atoms with Gasteiger partial charge in [-0.15, -0.1) is 0 Å². The lowest BCUT2D eigenvalue weighted by Gasteiger charge is -2.37. The molecule has 2 aliphatic heterocycles. The molecule has 1 aromatic heterocycles. The third kappa shape index (κ3) is 4.40. The minimum absolute atomic E-state index is 0.0786. The van der Waals surface area contributed by atoms with Crippen LogP contribution in [-0.4, -0.2) is 77.6 Å². The SMILES string of the molecule is Cc1ccc(Cn2nc(C)c(C(=O)N3CCN([C@H]4CCS(=O)(=O)C4)CC3)c2Cl)cc1. The Morgan fingerprint density at radius 1 is 1.13 bits per heavy atom. The molecule has 2 saturated heterocycles. The van der Waals surface area contributed by atoms with Gasteiger partial charge in [0.05, 0.1) is 29.3 Å². The summed E-state index contributed by atoms with van der Waals surface area (Å²) in [6.07, 6.45) is 0.687. The standard InChI is InChI=1S/C21H27ClN4O3S/c1-15-3-5-17(6-4-15)13-26-20(22)19(16(2)23-26)21(27)25-10-8-24(9-11-25)18-7-12-30(28,29)14-18/h3-6,18H,7-14H2,1-2H3/t18-/m0/s1. The van der Waals surface area contributed by atoms with Gasteiger partial charge in [0.2, 0.25) is 0 Å². The fraction of sp³-hybridized carbons (Fsp3) is 0.524. The number of carbonyl (C=O) groups is 1. The summed E-state index contributed by atoms with van der Waals surface area (Å²) in [5, 5.41) is 4.86. The molecule has 2 fully saturated rings. The van der Waals surface area contributed by atoms with Gasteiger partial charge in [0, 0.05) is 32.2 Å². The molecule has 0 aliphatic carbocycles. The summed E-state index contributed by atoms with van der Waals surface area (Å²) in [6.45, 7) is 6.85. The predicted octanol–water partition coefficient (Wildman–Crippen LogP) is 2.15. The number of benzene rings is 1. The summed E-state index contributed by atoms with van der Waals surface area (Å²) in [5.41, 5.74) is 3.35. The zero-order chi connectivity index (χ0) is 21.5. The molecule has 3 heterocycles. The van der Waals surface area contributed by atoms with Gasteiger partial charge in [-0.2, -0.15) is 5.10 Å². The van der Waals surface area contributed by atoms with Crippen molar-refractivity contribution in [1.82, 2.24) is 19.6 Å². The van der Waals surface area contributed by atoms with Gasteiger partial charge < -0.3 is 4.90 Å². The Balaban J connectivity index is 1.42. The maximum Gasteiger partial charge on any atom is 0.258 e. The van der Waals surface area contributed by atoms with Crippen LogP contribution in [0.1, 0.15) is 33.6 Å². The fourth-order valence-corrected chi connectivity index (χ4v) is 6.36. The summed E-state index contributed by atoms with van der Waals surface area (Å²) < 4.78 is 25.2. The molecule has 1 aromatic carbocycles. The van der Waals surface area contributed by atoms with Gasteiger partial charge in [0.15, 0.2) is 9.84 Å². The normalized spacial score (nSPS) is 21.8. The van der Waals surface area contributed by atoms with E-state index in [4.69, 9.17) is 11.6 Å². The largest absolute Gasteiger partial charge is 0.336 e. The van der Waals surface area contributed by atoms with Crippen molar-refractivity contribution in [3.05, 3.63) is 51.8 Å². The molecule has 0 bridgehead atoms. The Hall–Kier alpha value is -1.90. The van der Waals surface area contributed by atoms with Crippen LogP contribution >= 0.6 is 11.6 Å². The van der Waals surface area contributed by atoms with Crippen LogP contribution in [-0.2, 0) is 16.4 Å². The van der Waals surface area contributed by atoms with Gasteiger partial charge in [-0.05, 0) is 25.8 Å². The van der Waals surface area contributed by atoms with Gasteiger partial charge >= 0.3 is 0 Å². The van der Waals surface area contributed by atoms with Gasteiger partial charge in [-0.3, -0.25) is 9.69 Å². The molecule has 0 N–H and O–H groups in total. The van der Waals surface area contributed by atoms with E-state index in [2.05, 4.69) is 10.00 Å². The lowest BCUT2D eigenvalue weighted by atomic mass is 10.1. The molecule has 0 radical (unpaired) electrons. The average Bonchev–Trinajstić information content (AvgIpc) is 3.21. The maximum atomic E-state index is 13.2. The lowest BCUT2D eigenvalue weighted by molar-refractivity contribution is 0.0587. The minimum atomic E-state index is -2.91.